The third kappa shape index (κ3) is 4.18. The highest BCUT2D eigenvalue weighted by Gasteiger charge is 2.04. The molecule has 6 nitrogen and oxygen atoms in total. The lowest BCUT2D eigenvalue weighted by Crippen LogP contribution is -2.12. The van der Waals surface area contributed by atoms with E-state index in [9.17, 15) is 0 Å². The second-order valence-corrected chi connectivity index (χ2v) is 5.19. The van der Waals surface area contributed by atoms with Crippen molar-refractivity contribution in [3.63, 3.8) is 0 Å². The lowest BCUT2D eigenvalue weighted by molar-refractivity contribution is 0.573. The molecule has 2 heterocycles. The first-order chi connectivity index (χ1) is 10.1. The maximum atomic E-state index is 4.47. The van der Waals surface area contributed by atoms with Crippen LogP contribution in [0.3, 0.4) is 0 Å². The van der Waals surface area contributed by atoms with Crippen LogP contribution >= 0.6 is 0 Å². The molecule has 0 radical (unpaired) electrons. The highest BCUT2D eigenvalue weighted by atomic mass is 15.3. The summed E-state index contributed by atoms with van der Waals surface area (Å²) >= 11 is 0. The Labute approximate surface area is 126 Å². The molecule has 0 aliphatic rings. The summed E-state index contributed by atoms with van der Waals surface area (Å²) in [5, 5.41) is 11.0. The second kappa shape index (κ2) is 7.06. The Morgan fingerprint density at radius 3 is 2.67 bits per heavy atom. The topological polar surface area (TPSA) is 67.7 Å². The quantitative estimate of drug-likeness (QED) is 0.766. The van der Waals surface area contributed by atoms with Gasteiger partial charge < -0.3 is 10.6 Å². The molecule has 0 spiro atoms. The molecule has 2 N–H and O–H groups in total. The molecule has 0 aromatic carbocycles. The van der Waals surface area contributed by atoms with Crippen LogP contribution in [-0.4, -0.2) is 32.8 Å². The van der Waals surface area contributed by atoms with Crippen LogP contribution in [0, 0.1) is 20.8 Å². The van der Waals surface area contributed by atoms with Crippen molar-refractivity contribution in [2.24, 2.45) is 0 Å². The van der Waals surface area contributed by atoms with Crippen molar-refractivity contribution >= 4 is 11.8 Å². The molecule has 2 aromatic rings. The van der Waals surface area contributed by atoms with Gasteiger partial charge in [-0.3, -0.25) is 4.68 Å². The molecule has 0 aliphatic carbocycles. The molecule has 0 atom stereocenters. The summed E-state index contributed by atoms with van der Waals surface area (Å²) in [4.78, 5) is 8.71. The third-order valence-electron chi connectivity index (χ3n) is 3.25. The lowest BCUT2D eigenvalue weighted by Gasteiger charge is -2.10. The first-order valence-corrected chi connectivity index (χ1v) is 7.42. The molecule has 0 aliphatic heterocycles. The minimum absolute atomic E-state index is 0.671. The number of rotatable bonds is 7. The van der Waals surface area contributed by atoms with E-state index in [1.54, 1.807) is 0 Å². The van der Waals surface area contributed by atoms with Gasteiger partial charge in [-0.1, -0.05) is 0 Å². The predicted molar refractivity (Wildman–Crippen MR) is 85.7 cm³/mol. The number of aromatic nitrogens is 4. The van der Waals surface area contributed by atoms with Crippen LogP contribution in [-0.2, 0) is 6.54 Å². The molecule has 21 heavy (non-hydrogen) atoms. The van der Waals surface area contributed by atoms with Crippen LogP contribution in [0.5, 0.6) is 0 Å². The van der Waals surface area contributed by atoms with Gasteiger partial charge >= 0.3 is 0 Å². The summed E-state index contributed by atoms with van der Waals surface area (Å²) in [7, 11) is 0. The van der Waals surface area contributed by atoms with Crippen molar-refractivity contribution in [3.8, 4) is 0 Å². The van der Waals surface area contributed by atoms with E-state index in [1.807, 2.05) is 31.6 Å². The van der Waals surface area contributed by atoms with Crippen LogP contribution in [0.4, 0.5) is 11.8 Å². The van der Waals surface area contributed by atoms with E-state index in [4.69, 9.17) is 0 Å². The van der Waals surface area contributed by atoms with Gasteiger partial charge in [0.25, 0.3) is 0 Å². The predicted octanol–water partition coefficient (Wildman–Crippen LogP) is 2.53. The molecule has 0 unspecified atom stereocenters. The molecular formula is C15H24N6. The minimum atomic E-state index is 0.671. The van der Waals surface area contributed by atoms with Gasteiger partial charge in [0.2, 0.25) is 5.95 Å². The molecule has 0 bridgehead atoms. The van der Waals surface area contributed by atoms with Gasteiger partial charge in [0.05, 0.1) is 5.69 Å². The van der Waals surface area contributed by atoms with Crippen molar-refractivity contribution in [2.45, 2.75) is 40.7 Å². The molecule has 114 valence electrons. The summed E-state index contributed by atoms with van der Waals surface area (Å²) in [6.45, 7) is 10.8. The van der Waals surface area contributed by atoms with Gasteiger partial charge in [-0.25, -0.2) is 4.98 Å². The number of aryl methyl sites for hydroxylation is 4. The molecule has 6 heteroatoms. The van der Waals surface area contributed by atoms with Crippen molar-refractivity contribution in [1.82, 2.24) is 19.7 Å². The van der Waals surface area contributed by atoms with E-state index < -0.39 is 0 Å². The molecule has 2 aromatic heterocycles. The minimum Gasteiger partial charge on any atom is -0.370 e. The summed E-state index contributed by atoms with van der Waals surface area (Å²) in [6, 6.07) is 2.10. The fraction of sp³-hybridized carbons (Fsp3) is 0.533. The van der Waals surface area contributed by atoms with E-state index in [0.29, 0.717) is 5.95 Å². The number of hydrogen-bond acceptors (Lipinski definition) is 5. The maximum absolute atomic E-state index is 4.47. The maximum Gasteiger partial charge on any atom is 0.224 e. The van der Waals surface area contributed by atoms with Crippen LogP contribution in [0.1, 0.15) is 30.3 Å². The standard InChI is InChI=1S/C15H24N6/c1-5-16-15-18-10-11(2)14(19-15)17-7-6-8-21-13(4)9-12(3)20-21/h9-10H,5-8H2,1-4H3,(H2,16,17,18,19). The fourth-order valence-corrected chi connectivity index (χ4v) is 2.20. The van der Waals surface area contributed by atoms with Gasteiger partial charge in [-0.2, -0.15) is 10.1 Å². The zero-order chi connectivity index (χ0) is 15.2. The molecule has 0 saturated carbocycles. The molecule has 0 amide bonds. The highest BCUT2D eigenvalue weighted by molar-refractivity contribution is 5.46. The summed E-state index contributed by atoms with van der Waals surface area (Å²) in [6.07, 6.45) is 2.84. The number of nitrogens with one attached hydrogen (secondary N) is 2. The van der Waals surface area contributed by atoms with Crippen molar-refractivity contribution < 1.29 is 0 Å². The first kappa shape index (κ1) is 15.3. The van der Waals surface area contributed by atoms with Crippen LogP contribution in [0.15, 0.2) is 12.3 Å². The molecule has 0 fully saturated rings. The van der Waals surface area contributed by atoms with Crippen LogP contribution < -0.4 is 10.6 Å². The Morgan fingerprint density at radius 2 is 2.00 bits per heavy atom. The SMILES string of the molecule is CCNc1ncc(C)c(NCCCn2nc(C)cc2C)n1. The number of anilines is 2. The zero-order valence-electron chi connectivity index (χ0n) is 13.3. The second-order valence-electron chi connectivity index (χ2n) is 5.19. The molecule has 0 saturated heterocycles. The van der Waals surface area contributed by atoms with Gasteiger partial charge in [0.1, 0.15) is 5.82 Å². The molecular weight excluding hydrogens is 264 g/mol. The normalized spacial score (nSPS) is 10.7. The van der Waals surface area contributed by atoms with Crippen LogP contribution in [0.25, 0.3) is 0 Å². The monoisotopic (exact) mass is 288 g/mol. The summed E-state index contributed by atoms with van der Waals surface area (Å²) in [5.74, 6) is 1.57. The van der Waals surface area contributed by atoms with Crippen molar-refractivity contribution in [1.29, 1.82) is 0 Å². The van der Waals surface area contributed by atoms with Crippen molar-refractivity contribution in [2.75, 3.05) is 23.7 Å². The first-order valence-electron chi connectivity index (χ1n) is 7.42. The average Bonchev–Trinajstić information content (AvgIpc) is 2.76. The Kier molecular flexibility index (Phi) is 5.14. The smallest absolute Gasteiger partial charge is 0.224 e. The van der Waals surface area contributed by atoms with E-state index in [-0.39, 0.29) is 0 Å². The number of hydrogen-bond donors (Lipinski definition) is 2. The average molecular weight is 288 g/mol. The van der Waals surface area contributed by atoms with Gasteiger partial charge in [0, 0.05) is 37.1 Å². The Bertz CT molecular complexity index is 590. The fourth-order valence-electron chi connectivity index (χ4n) is 2.20. The van der Waals surface area contributed by atoms with E-state index in [1.165, 1.54) is 5.69 Å². The highest BCUT2D eigenvalue weighted by Crippen LogP contribution is 2.12. The van der Waals surface area contributed by atoms with E-state index in [0.717, 1.165) is 43.1 Å². The van der Waals surface area contributed by atoms with Crippen molar-refractivity contribution in [3.05, 3.63) is 29.2 Å². The largest absolute Gasteiger partial charge is 0.370 e. The summed E-state index contributed by atoms with van der Waals surface area (Å²) < 4.78 is 2.05. The van der Waals surface area contributed by atoms with Crippen LogP contribution in [0.2, 0.25) is 0 Å². The Hall–Kier alpha value is -2.11. The Balaban J connectivity index is 1.85. The Morgan fingerprint density at radius 1 is 1.19 bits per heavy atom. The third-order valence-corrected chi connectivity index (χ3v) is 3.25. The summed E-state index contributed by atoms with van der Waals surface area (Å²) in [5.41, 5.74) is 3.34. The van der Waals surface area contributed by atoms with E-state index in [2.05, 4.69) is 38.7 Å². The zero-order valence-corrected chi connectivity index (χ0v) is 13.3. The van der Waals surface area contributed by atoms with Gasteiger partial charge in [-0.05, 0) is 40.2 Å². The molecule has 2 rings (SSSR count). The lowest BCUT2D eigenvalue weighted by atomic mass is 10.3. The van der Waals surface area contributed by atoms with Gasteiger partial charge in [-0.15, -0.1) is 0 Å². The number of nitrogens with zero attached hydrogens (tertiary/aromatic N) is 4. The van der Waals surface area contributed by atoms with E-state index >= 15 is 0 Å². The van der Waals surface area contributed by atoms with Gasteiger partial charge in [0.15, 0.2) is 0 Å².